The lowest BCUT2D eigenvalue weighted by Gasteiger charge is -2.25. The standard InChI is InChI=1S/C10H15N3OS.ClH/c1-13(2,3)8-10(14)12-11-7-9-5-4-6-15-9;/h4-7H,8H2,1-3H3;1H/b11-7-;. The summed E-state index contributed by atoms with van der Waals surface area (Å²) in [5, 5.41) is 20.6. The van der Waals surface area contributed by atoms with Gasteiger partial charge in [-0.2, -0.15) is 10.2 Å². The molecule has 0 aromatic carbocycles. The van der Waals surface area contributed by atoms with Gasteiger partial charge in [-0.15, -0.1) is 23.7 Å². The van der Waals surface area contributed by atoms with Crippen LogP contribution in [0.3, 0.4) is 0 Å². The van der Waals surface area contributed by atoms with Gasteiger partial charge in [-0.25, -0.2) is 0 Å². The number of hydrogen-bond donors (Lipinski definition) is 0. The molecule has 0 saturated heterocycles. The predicted molar refractivity (Wildman–Crippen MR) is 69.5 cm³/mol. The molecule has 1 aromatic heterocycles. The second-order valence-electron chi connectivity index (χ2n) is 4.20. The number of halogens is 1. The molecular weight excluding hydrogens is 246 g/mol. The van der Waals surface area contributed by atoms with Crippen LogP contribution in [0.5, 0.6) is 0 Å². The highest BCUT2D eigenvalue weighted by atomic mass is 35.5. The van der Waals surface area contributed by atoms with E-state index in [2.05, 4.69) is 10.2 Å². The predicted octanol–water partition coefficient (Wildman–Crippen LogP) is 0.969. The lowest BCUT2D eigenvalue weighted by Crippen LogP contribution is -2.43. The van der Waals surface area contributed by atoms with Crippen molar-refractivity contribution in [1.82, 2.24) is 0 Å². The Balaban J connectivity index is 0.00000225. The number of quaternary nitrogens is 1. The fourth-order valence-corrected chi connectivity index (χ4v) is 1.53. The average molecular weight is 262 g/mol. The topological polar surface area (TPSA) is 47.8 Å². The van der Waals surface area contributed by atoms with Gasteiger partial charge in [0.1, 0.15) is 6.54 Å². The van der Waals surface area contributed by atoms with Gasteiger partial charge in [-0.3, -0.25) is 0 Å². The van der Waals surface area contributed by atoms with Crippen molar-refractivity contribution in [3.8, 4) is 0 Å². The van der Waals surface area contributed by atoms with Crippen molar-refractivity contribution in [1.29, 1.82) is 0 Å². The normalized spacial score (nSPS) is 12.8. The summed E-state index contributed by atoms with van der Waals surface area (Å²) in [6, 6.07) is 3.86. The summed E-state index contributed by atoms with van der Waals surface area (Å²) < 4.78 is 0.566. The van der Waals surface area contributed by atoms with Gasteiger partial charge in [0, 0.05) is 10.8 Å². The van der Waals surface area contributed by atoms with E-state index in [0.29, 0.717) is 11.0 Å². The molecule has 0 amide bonds. The molecule has 4 nitrogen and oxygen atoms in total. The van der Waals surface area contributed by atoms with E-state index in [1.807, 2.05) is 38.7 Å². The Kier molecular flexibility index (Phi) is 6.25. The molecule has 0 aliphatic heterocycles. The minimum absolute atomic E-state index is 0. The summed E-state index contributed by atoms with van der Waals surface area (Å²) in [6.07, 6.45) is 1.60. The van der Waals surface area contributed by atoms with Gasteiger partial charge in [-0.1, -0.05) is 6.07 Å². The first kappa shape index (κ1) is 15.1. The summed E-state index contributed by atoms with van der Waals surface area (Å²) in [7, 11) is 5.82. The number of thiophene rings is 1. The van der Waals surface area contributed by atoms with Crippen molar-refractivity contribution < 1.29 is 9.59 Å². The van der Waals surface area contributed by atoms with Crippen LogP contribution in [-0.4, -0.2) is 44.3 Å². The van der Waals surface area contributed by atoms with Crippen LogP contribution in [0.4, 0.5) is 0 Å². The fourth-order valence-electron chi connectivity index (χ4n) is 0.952. The van der Waals surface area contributed by atoms with Crippen molar-refractivity contribution in [2.45, 2.75) is 0 Å². The van der Waals surface area contributed by atoms with Gasteiger partial charge in [0.2, 0.25) is 0 Å². The first-order chi connectivity index (χ1) is 6.97. The van der Waals surface area contributed by atoms with Crippen LogP contribution in [0.15, 0.2) is 27.7 Å². The van der Waals surface area contributed by atoms with Crippen molar-refractivity contribution in [2.75, 3.05) is 27.7 Å². The van der Waals surface area contributed by atoms with Crippen LogP contribution in [-0.2, 0) is 0 Å². The van der Waals surface area contributed by atoms with Gasteiger partial charge >= 0.3 is 0 Å². The van der Waals surface area contributed by atoms with E-state index in [4.69, 9.17) is 0 Å². The molecule has 0 fully saturated rings. The third-order valence-corrected chi connectivity index (χ3v) is 2.31. The van der Waals surface area contributed by atoms with E-state index in [9.17, 15) is 5.11 Å². The zero-order valence-electron chi connectivity index (χ0n) is 9.58. The Morgan fingerprint density at radius 3 is 2.69 bits per heavy atom. The van der Waals surface area contributed by atoms with Gasteiger partial charge in [0.05, 0.1) is 27.4 Å². The smallest absolute Gasteiger partial charge is 0.109 e. The largest absolute Gasteiger partial charge is 0.857 e. The molecule has 1 rings (SSSR count). The Morgan fingerprint density at radius 2 is 2.19 bits per heavy atom. The van der Waals surface area contributed by atoms with E-state index >= 15 is 0 Å². The van der Waals surface area contributed by atoms with Crippen LogP contribution in [0, 0.1) is 0 Å². The summed E-state index contributed by atoms with van der Waals surface area (Å²) in [6.45, 7) is 0.363. The van der Waals surface area contributed by atoms with Crippen molar-refractivity contribution in [3.63, 3.8) is 0 Å². The van der Waals surface area contributed by atoms with Gasteiger partial charge in [-0.05, 0) is 11.4 Å². The van der Waals surface area contributed by atoms with E-state index < -0.39 is 0 Å². The first-order valence-corrected chi connectivity index (χ1v) is 5.46. The maximum Gasteiger partial charge on any atom is 0.109 e. The molecule has 1 heterocycles. The van der Waals surface area contributed by atoms with Gasteiger partial charge in [0.15, 0.2) is 0 Å². The summed E-state index contributed by atoms with van der Waals surface area (Å²) in [4.78, 5) is 0.997. The molecule has 0 spiro atoms. The maximum absolute atomic E-state index is 11.3. The van der Waals surface area contributed by atoms with E-state index in [-0.39, 0.29) is 18.3 Å². The Morgan fingerprint density at radius 1 is 1.50 bits per heavy atom. The van der Waals surface area contributed by atoms with Crippen LogP contribution >= 0.6 is 23.7 Å². The number of nitrogens with zero attached hydrogens (tertiary/aromatic N) is 3. The quantitative estimate of drug-likeness (QED) is 0.345. The second kappa shape index (κ2) is 6.62. The monoisotopic (exact) mass is 261 g/mol. The highest BCUT2D eigenvalue weighted by Gasteiger charge is 2.04. The zero-order valence-corrected chi connectivity index (χ0v) is 11.2. The molecule has 1 aromatic rings. The van der Waals surface area contributed by atoms with E-state index in [0.717, 1.165) is 4.88 Å². The molecule has 0 N–H and O–H groups in total. The molecule has 0 saturated carbocycles. The van der Waals surface area contributed by atoms with Crippen molar-refractivity contribution >= 4 is 35.9 Å². The molecule has 16 heavy (non-hydrogen) atoms. The highest BCUT2D eigenvalue weighted by Crippen LogP contribution is 2.04. The first-order valence-electron chi connectivity index (χ1n) is 4.58. The molecular formula is C10H16ClN3OS. The molecule has 0 atom stereocenters. The van der Waals surface area contributed by atoms with Gasteiger partial charge in [0.25, 0.3) is 0 Å². The van der Waals surface area contributed by atoms with Crippen LogP contribution < -0.4 is 5.11 Å². The summed E-state index contributed by atoms with van der Waals surface area (Å²) in [5.74, 6) is -0.199. The molecule has 0 bridgehead atoms. The summed E-state index contributed by atoms with van der Waals surface area (Å²) >= 11 is 1.56. The minimum Gasteiger partial charge on any atom is -0.857 e. The van der Waals surface area contributed by atoms with E-state index in [1.54, 1.807) is 17.6 Å². The average Bonchev–Trinajstić information content (AvgIpc) is 2.53. The summed E-state index contributed by atoms with van der Waals surface area (Å²) in [5.41, 5.74) is 0. The van der Waals surface area contributed by atoms with Crippen LogP contribution in [0.2, 0.25) is 0 Å². The van der Waals surface area contributed by atoms with Crippen molar-refractivity contribution in [3.05, 3.63) is 22.4 Å². The third-order valence-electron chi connectivity index (χ3n) is 1.51. The molecule has 0 aliphatic carbocycles. The molecule has 0 radical (unpaired) electrons. The van der Waals surface area contributed by atoms with Crippen molar-refractivity contribution in [2.24, 2.45) is 10.2 Å². The lowest BCUT2D eigenvalue weighted by atomic mass is 10.5. The zero-order chi connectivity index (χ0) is 11.3. The Hall–Kier alpha value is -0.910. The lowest BCUT2D eigenvalue weighted by molar-refractivity contribution is -0.863. The Labute approximate surface area is 106 Å². The number of likely N-dealkylation sites (N-methyl/N-ethyl adjacent to an activating group) is 1. The molecule has 6 heteroatoms. The fraction of sp³-hybridized carbons (Fsp3) is 0.400. The number of rotatable bonds is 4. The molecule has 0 aliphatic rings. The van der Waals surface area contributed by atoms with Gasteiger partial charge < -0.3 is 9.59 Å². The Bertz CT molecular complexity index is 355. The third kappa shape index (κ3) is 6.55. The SMILES string of the molecule is C[N+](C)(C)C/C([O-])=N/N=C\c1cccs1.Cl. The van der Waals surface area contributed by atoms with Crippen LogP contribution in [0.25, 0.3) is 0 Å². The van der Waals surface area contributed by atoms with E-state index in [1.165, 1.54) is 0 Å². The molecule has 0 unspecified atom stereocenters. The van der Waals surface area contributed by atoms with Crippen LogP contribution in [0.1, 0.15) is 4.88 Å². The minimum atomic E-state index is -0.199. The molecule has 90 valence electrons. The number of hydrogen-bond acceptors (Lipinski definition) is 4. The maximum atomic E-state index is 11.3. The second-order valence-corrected chi connectivity index (χ2v) is 5.18. The highest BCUT2D eigenvalue weighted by molar-refractivity contribution is 7.11.